The highest BCUT2D eigenvalue weighted by Gasteiger charge is 2.26. The van der Waals surface area contributed by atoms with Crippen LogP contribution in [0.15, 0.2) is 30.3 Å². The average Bonchev–Trinajstić information content (AvgIpc) is 2.92. The number of benzene rings is 1. The summed E-state index contributed by atoms with van der Waals surface area (Å²) in [4.78, 5) is 0. The van der Waals surface area contributed by atoms with Crippen LogP contribution in [0.25, 0.3) is 0 Å². The van der Waals surface area contributed by atoms with E-state index in [1.807, 2.05) is 30.3 Å². The molecule has 0 radical (unpaired) electrons. The number of nitrogens with one attached hydrogen (secondary N) is 1. The summed E-state index contributed by atoms with van der Waals surface area (Å²) in [6, 6.07) is 10.2. The Labute approximate surface area is 130 Å². The van der Waals surface area contributed by atoms with Crippen molar-refractivity contribution in [1.82, 2.24) is 5.32 Å². The molecule has 1 aliphatic carbocycles. The van der Waals surface area contributed by atoms with Gasteiger partial charge in [-0.25, -0.2) is 0 Å². The van der Waals surface area contributed by atoms with E-state index in [0.717, 1.165) is 36.7 Å². The quantitative estimate of drug-likeness (QED) is 0.675. The highest BCUT2D eigenvalue weighted by atomic mass is 16.5. The second-order valence-electron chi connectivity index (χ2n) is 6.81. The van der Waals surface area contributed by atoms with Gasteiger partial charge in [0.2, 0.25) is 0 Å². The number of ether oxygens (including phenoxy) is 1. The van der Waals surface area contributed by atoms with Gasteiger partial charge in [0.05, 0.1) is 6.61 Å². The zero-order valence-corrected chi connectivity index (χ0v) is 13.7. The molecule has 0 aromatic heterocycles. The predicted molar refractivity (Wildman–Crippen MR) is 89.7 cm³/mol. The van der Waals surface area contributed by atoms with E-state index in [1.165, 1.54) is 38.6 Å². The summed E-state index contributed by atoms with van der Waals surface area (Å²) >= 11 is 0. The minimum Gasteiger partial charge on any atom is -0.494 e. The molecule has 0 spiro atoms. The minimum absolute atomic E-state index is 0.754. The van der Waals surface area contributed by atoms with Crippen molar-refractivity contribution in [2.75, 3.05) is 19.7 Å². The Morgan fingerprint density at radius 3 is 2.67 bits per heavy atom. The molecule has 1 aliphatic rings. The van der Waals surface area contributed by atoms with Crippen LogP contribution in [0, 0.1) is 17.8 Å². The van der Waals surface area contributed by atoms with Crippen LogP contribution in [0.4, 0.5) is 0 Å². The molecule has 2 atom stereocenters. The topological polar surface area (TPSA) is 21.3 Å². The molecule has 2 unspecified atom stereocenters. The van der Waals surface area contributed by atoms with Gasteiger partial charge in [-0.1, -0.05) is 44.9 Å². The Kier molecular flexibility index (Phi) is 7.08. The molecule has 0 heterocycles. The van der Waals surface area contributed by atoms with Crippen LogP contribution in [0.2, 0.25) is 0 Å². The molecule has 1 aromatic carbocycles. The first kappa shape index (κ1) is 16.4. The molecule has 0 amide bonds. The third kappa shape index (κ3) is 6.09. The van der Waals surface area contributed by atoms with Crippen molar-refractivity contribution >= 4 is 0 Å². The maximum Gasteiger partial charge on any atom is 0.119 e. The molecule has 2 nitrogen and oxygen atoms in total. The second-order valence-corrected chi connectivity index (χ2v) is 6.81. The average molecular weight is 289 g/mol. The van der Waals surface area contributed by atoms with Crippen molar-refractivity contribution in [2.24, 2.45) is 17.8 Å². The fourth-order valence-electron chi connectivity index (χ4n) is 3.37. The van der Waals surface area contributed by atoms with Crippen molar-refractivity contribution in [3.05, 3.63) is 30.3 Å². The molecule has 21 heavy (non-hydrogen) atoms. The van der Waals surface area contributed by atoms with Gasteiger partial charge in [0.1, 0.15) is 5.75 Å². The first-order valence-corrected chi connectivity index (χ1v) is 8.64. The third-order valence-corrected chi connectivity index (χ3v) is 4.51. The first-order valence-electron chi connectivity index (χ1n) is 8.64. The lowest BCUT2D eigenvalue weighted by Gasteiger charge is -2.20. The Bertz CT molecular complexity index is 376. The number of para-hydroxylation sites is 1. The molecule has 1 aromatic rings. The van der Waals surface area contributed by atoms with E-state index in [1.54, 1.807) is 0 Å². The van der Waals surface area contributed by atoms with E-state index in [0.29, 0.717) is 0 Å². The van der Waals surface area contributed by atoms with E-state index in [2.05, 4.69) is 19.2 Å². The Morgan fingerprint density at radius 1 is 1.14 bits per heavy atom. The summed E-state index contributed by atoms with van der Waals surface area (Å²) in [5.41, 5.74) is 0. The zero-order valence-electron chi connectivity index (χ0n) is 13.7. The molecule has 1 fully saturated rings. The molecule has 0 bridgehead atoms. The number of rotatable bonds is 9. The van der Waals surface area contributed by atoms with Gasteiger partial charge in [0, 0.05) is 0 Å². The van der Waals surface area contributed by atoms with E-state index < -0.39 is 0 Å². The lowest BCUT2D eigenvalue weighted by Crippen LogP contribution is -2.28. The van der Waals surface area contributed by atoms with Crippen molar-refractivity contribution in [3.8, 4) is 5.75 Å². The summed E-state index contributed by atoms with van der Waals surface area (Å²) < 4.78 is 5.80. The normalized spacial score (nSPS) is 21.9. The van der Waals surface area contributed by atoms with Crippen LogP contribution < -0.4 is 10.1 Å². The van der Waals surface area contributed by atoms with Gasteiger partial charge in [-0.05, 0) is 62.2 Å². The SMILES string of the molecule is CC(C)CNCC1CCCC1CCCOc1ccccc1. The van der Waals surface area contributed by atoms with Crippen molar-refractivity contribution in [2.45, 2.75) is 46.0 Å². The van der Waals surface area contributed by atoms with Gasteiger partial charge >= 0.3 is 0 Å². The van der Waals surface area contributed by atoms with Crippen LogP contribution in [-0.2, 0) is 0 Å². The van der Waals surface area contributed by atoms with E-state index in [4.69, 9.17) is 4.74 Å². The highest BCUT2D eigenvalue weighted by molar-refractivity contribution is 5.20. The summed E-state index contributed by atoms with van der Waals surface area (Å²) in [5, 5.41) is 3.64. The van der Waals surface area contributed by atoms with Gasteiger partial charge in [-0.3, -0.25) is 0 Å². The van der Waals surface area contributed by atoms with Gasteiger partial charge in [-0.15, -0.1) is 0 Å². The second kappa shape index (κ2) is 9.09. The molecule has 118 valence electrons. The zero-order chi connectivity index (χ0) is 14.9. The Hall–Kier alpha value is -1.02. The molecule has 1 saturated carbocycles. The third-order valence-electron chi connectivity index (χ3n) is 4.51. The molecule has 2 rings (SSSR count). The van der Waals surface area contributed by atoms with Crippen LogP contribution in [0.3, 0.4) is 0 Å². The minimum atomic E-state index is 0.754. The lowest BCUT2D eigenvalue weighted by atomic mass is 9.91. The number of hydrogen-bond acceptors (Lipinski definition) is 2. The monoisotopic (exact) mass is 289 g/mol. The molecular weight excluding hydrogens is 258 g/mol. The largest absolute Gasteiger partial charge is 0.494 e. The van der Waals surface area contributed by atoms with Crippen molar-refractivity contribution in [1.29, 1.82) is 0 Å². The van der Waals surface area contributed by atoms with E-state index in [9.17, 15) is 0 Å². The van der Waals surface area contributed by atoms with Gasteiger partial charge in [0.25, 0.3) is 0 Å². The highest BCUT2D eigenvalue weighted by Crippen LogP contribution is 2.34. The Balaban J connectivity index is 1.60. The fourth-order valence-corrected chi connectivity index (χ4v) is 3.37. The summed E-state index contributed by atoms with van der Waals surface area (Å²) in [7, 11) is 0. The van der Waals surface area contributed by atoms with Gasteiger partial charge in [0.15, 0.2) is 0 Å². The van der Waals surface area contributed by atoms with Crippen molar-refractivity contribution < 1.29 is 4.74 Å². The Morgan fingerprint density at radius 2 is 1.90 bits per heavy atom. The lowest BCUT2D eigenvalue weighted by molar-refractivity contribution is 0.271. The maximum atomic E-state index is 5.80. The molecule has 2 heteroatoms. The van der Waals surface area contributed by atoms with E-state index in [-0.39, 0.29) is 0 Å². The first-order chi connectivity index (χ1) is 10.3. The molecule has 1 N–H and O–H groups in total. The standard InChI is InChI=1S/C19H31NO/c1-16(2)14-20-15-18-9-6-8-17(18)10-7-13-21-19-11-4-3-5-12-19/h3-5,11-12,16-18,20H,6-10,13-15H2,1-2H3. The maximum absolute atomic E-state index is 5.80. The molecular formula is C19H31NO. The summed E-state index contributed by atoms with van der Waals surface area (Å²) in [6.07, 6.45) is 6.74. The molecule has 0 saturated heterocycles. The number of hydrogen-bond donors (Lipinski definition) is 1. The van der Waals surface area contributed by atoms with Crippen LogP contribution in [0.5, 0.6) is 5.75 Å². The fraction of sp³-hybridized carbons (Fsp3) is 0.684. The van der Waals surface area contributed by atoms with E-state index >= 15 is 0 Å². The van der Waals surface area contributed by atoms with Crippen molar-refractivity contribution in [3.63, 3.8) is 0 Å². The summed E-state index contributed by atoms with van der Waals surface area (Å²) in [6.45, 7) is 7.77. The van der Waals surface area contributed by atoms with Crippen LogP contribution in [-0.4, -0.2) is 19.7 Å². The predicted octanol–water partition coefficient (Wildman–Crippen LogP) is 4.51. The summed E-state index contributed by atoms with van der Waals surface area (Å²) in [5.74, 6) is 3.55. The smallest absolute Gasteiger partial charge is 0.119 e. The molecule has 0 aliphatic heterocycles. The van der Waals surface area contributed by atoms with Gasteiger partial charge in [-0.2, -0.15) is 0 Å². The van der Waals surface area contributed by atoms with Crippen LogP contribution in [0.1, 0.15) is 46.0 Å². The van der Waals surface area contributed by atoms with Gasteiger partial charge < -0.3 is 10.1 Å². The van der Waals surface area contributed by atoms with Crippen LogP contribution >= 0.6 is 0 Å².